The van der Waals surface area contributed by atoms with E-state index in [0.717, 1.165) is 5.39 Å². The highest BCUT2D eigenvalue weighted by atomic mass is 35.5. The van der Waals surface area contributed by atoms with Gasteiger partial charge in [-0.1, -0.05) is 60.1 Å². The minimum absolute atomic E-state index is 0.00205. The smallest absolute Gasteiger partial charge is 0.339 e. The van der Waals surface area contributed by atoms with Crippen molar-refractivity contribution in [2.45, 2.75) is 4.90 Å². The van der Waals surface area contributed by atoms with Gasteiger partial charge in [0.05, 0.1) is 5.56 Å². The molecule has 0 saturated carbocycles. The van der Waals surface area contributed by atoms with Crippen molar-refractivity contribution in [2.75, 3.05) is 5.32 Å². The Morgan fingerprint density at radius 1 is 0.800 bits per heavy atom. The van der Waals surface area contributed by atoms with Gasteiger partial charge in [0, 0.05) is 10.7 Å². The monoisotopic (exact) mass is 437 g/mol. The summed E-state index contributed by atoms with van der Waals surface area (Å²) in [6.45, 7) is 0. The van der Waals surface area contributed by atoms with Crippen LogP contribution in [0.3, 0.4) is 0 Å². The molecule has 4 rings (SSSR count). The first-order valence-electron chi connectivity index (χ1n) is 9.02. The second-order valence-electron chi connectivity index (χ2n) is 6.47. The normalized spacial score (nSPS) is 11.2. The Bertz CT molecular complexity index is 1320. The molecule has 1 amide bonds. The van der Waals surface area contributed by atoms with Crippen molar-refractivity contribution >= 4 is 44.1 Å². The van der Waals surface area contributed by atoms with Gasteiger partial charge in [-0.15, -0.1) is 0 Å². The van der Waals surface area contributed by atoms with Gasteiger partial charge in [0.25, 0.3) is 5.91 Å². The highest BCUT2D eigenvalue weighted by Gasteiger charge is 2.23. The Hall–Kier alpha value is -3.35. The van der Waals surface area contributed by atoms with E-state index in [0.29, 0.717) is 16.1 Å². The van der Waals surface area contributed by atoms with Crippen LogP contribution in [0.5, 0.6) is 5.75 Å². The third kappa shape index (κ3) is 4.15. The van der Waals surface area contributed by atoms with Crippen molar-refractivity contribution in [3.8, 4) is 5.75 Å². The maximum atomic E-state index is 13.1. The SMILES string of the molecule is O=C(Nc1ccc(Cl)cc1)c1c(OS(=O)(=O)c2ccccc2)ccc2ccccc12. The topological polar surface area (TPSA) is 72.5 Å². The molecule has 0 aromatic heterocycles. The van der Waals surface area contributed by atoms with E-state index >= 15 is 0 Å². The first-order valence-corrected chi connectivity index (χ1v) is 10.8. The predicted molar refractivity (Wildman–Crippen MR) is 118 cm³/mol. The highest BCUT2D eigenvalue weighted by molar-refractivity contribution is 7.87. The Morgan fingerprint density at radius 2 is 1.47 bits per heavy atom. The van der Waals surface area contributed by atoms with Gasteiger partial charge in [-0.05, 0) is 53.2 Å². The number of carbonyl (C=O) groups is 1. The van der Waals surface area contributed by atoms with Gasteiger partial charge in [0.2, 0.25) is 0 Å². The van der Waals surface area contributed by atoms with E-state index in [-0.39, 0.29) is 16.2 Å². The molecule has 0 aliphatic carbocycles. The third-order valence-corrected chi connectivity index (χ3v) is 5.95. The van der Waals surface area contributed by atoms with Crippen molar-refractivity contribution in [2.24, 2.45) is 0 Å². The number of fused-ring (bicyclic) bond motifs is 1. The minimum atomic E-state index is -4.11. The van der Waals surface area contributed by atoms with Crippen LogP contribution in [-0.4, -0.2) is 14.3 Å². The molecule has 0 spiro atoms. The van der Waals surface area contributed by atoms with E-state index in [1.807, 2.05) is 12.1 Å². The summed E-state index contributed by atoms with van der Waals surface area (Å²) >= 11 is 5.90. The minimum Gasteiger partial charge on any atom is -0.378 e. The Kier molecular flexibility index (Phi) is 5.44. The summed E-state index contributed by atoms with van der Waals surface area (Å²) in [5.74, 6) is -0.545. The lowest BCUT2D eigenvalue weighted by Crippen LogP contribution is -2.17. The van der Waals surface area contributed by atoms with Crippen LogP contribution in [0.15, 0.2) is 95.9 Å². The zero-order valence-corrected chi connectivity index (χ0v) is 17.2. The summed E-state index contributed by atoms with van der Waals surface area (Å²) in [6.07, 6.45) is 0. The number of halogens is 1. The molecule has 4 aromatic rings. The number of amides is 1. The Morgan fingerprint density at radius 3 is 2.20 bits per heavy atom. The summed E-state index contributed by atoms with van der Waals surface area (Å²) < 4.78 is 30.9. The van der Waals surface area contributed by atoms with Crippen LogP contribution in [0.4, 0.5) is 5.69 Å². The molecule has 0 atom stereocenters. The highest BCUT2D eigenvalue weighted by Crippen LogP contribution is 2.31. The summed E-state index contributed by atoms with van der Waals surface area (Å²) in [5, 5.41) is 4.66. The van der Waals surface area contributed by atoms with E-state index in [1.54, 1.807) is 60.7 Å². The fourth-order valence-corrected chi connectivity index (χ4v) is 4.12. The second-order valence-corrected chi connectivity index (χ2v) is 8.45. The molecular formula is C23H16ClNO4S. The predicted octanol–water partition coefficient (Wildman–Crippen LogP) is 5.51. The number of nitrogens with one attached hydrogen (secondary N) is 1. The number of hydrogen-bond donors (Lipinski definition) is 1. The number of anilines is 1. The molecule has 0 heterocycles. The van der Waals surface area contributed by atoms with Gasteiger partial charge in [-0.2, -0.15) is 8.42 Å². The Labute approximate surface area is 179 Å². The van der Waals surface area contributed by atoms with Gasteiger partial charge in [0.15, 0.2) is 5.75 Å². The van der Waals surface area contributed by atoms with E-state index in [2.05, 4.69) is 5.32 Å². The average Bonchev–Trinajstić information content (AvgIpc) is 2.75. The van der Waals surface area contributed by atoms with E-state index in [1.165, 1.54) is 18.2 Å². The molecule has 7 heteroatoms. The van der Waals surface area contributed by atoms with Crippen LogP contribution >= 0.6 is 11.6 Å². The molecule has 0 unspecified atom stereocenters. The fourth-order valence-electron chi connectivity index (χ4n) is 3.04. The maximum absolute atomic E-state index is 13.1. The van der Waals surface area contributed by atoms with Gasteiger partial charge >= 0.3 is 10.1 Å². The van der Waals surface area contributed by atoms with E-state index < -0.39 is 16.0 Å². The number of rotatable bonds is 5. The fraction of sp³-hybridized carbons (Fsp3) is 0. The number of hydrogen-bond acceptors (Lipinski definition) is 4. The first-order chi connectivity index (χ1) is 14.4. The van der Waals surface area contributed by atoms with Crippen LogP contribution in [0.2, 0.25) is 5.02 Å². The van der Waals surface area contributed by atoms with Gasteiger partial charge in [0.1, 0.15) is 4.90 Å². The molecule has 150 valence electrons. The third-order valence-electron chi connectivity index (χ3n) is 4.45. The van der Waals surface area contributed by atoms with Gasteiger partial charge < -0.3 is 9.50 Å². The molecule has 5 nitrogen and oxygen atoms in total. The van der Waals surface area contributed by atoms with Crippen molar-refractivity contribution in [1.82, 2.24) is 0 Å². The van der Waals surface area contributed by atoms with Crippen molar-refractivity contribution in [3.05, 3.63) is 102 Å². The number of carbonyl (C=O) groups excluding carboxylic acids is 1. The van der Waals surface area contributed by atoms with Crippen LogP contribution < -0.4 is 9.50 Å². The van der Waals surface area contributed by atoms with Crippen LogP contribution in [0.25, 0.3) is 10.8 Å². The quantitative estimate of drug-likeness (QED) is 0.417. The molecule has 0 aliphatic heterocycles. The average molecular weight is 438 g/mol. The van der Waals surface area contributed by atoms with E-state index in [4.69, 9.17) is 15.8 Å². The molecule has 0 saturated heterocycles. The van der Waals surface area contributed by atoms with Crippen LogP contribution in [0, 0.1) is 0 Å². The molecule has 4 aromatic carbocycles. The molecule has 1 N–H and O–H groups in total. The standard InChI is InChI=1S/C23H16ClNO4S/c24-17-11-13-18(14-12-17)25-23(26)22-20-9-5-4-6-16(20)10-15-21(22)29-30(27,28)19-7-2-1-3-8-19/h1-15H,(H,25,26). The first kappa shape index (κ1) is 19.9. The Balaban J connectivity index is 1.78. The largest absolute Gasteiger partial charge is 0.378 e. The molecule has 0 bridgehead atoms. The molecule has 0 radical (unpaired) electrons. The van der Waals surface area contributed by atoms with Crippen LogP contribution in [-0.2, 0) is 10.1 Å². The summed E-state index contributed by atoms with van der Waals surface area (Å²) in [7, 11) is -4.11. The lowest BCUT2D eigenvalue weighted by atomic mass is 10.0. The summed E-state index contributed by atoms with van der Waals surface area (Å²) in [4.78, 5) is 13.1. The maximum Gasteiger partial charge on any atom is 0.339 e. The molecular weight excluding hydrogens is 422 g/mol. The lowest BCUT2D eigenvalue weighted by Gasteiger charge is -2.14. The molecule has 0 aliphatic rings. The summed E-state index contributed by atoms with van der Waals surface area (Å²) in [5.41, 5.74) is 0.650. The van der Waals surface area contributed by atoms with Crippen molar-refractivity contribution in [1.29, 1.82) is 0 Å². The van der Waals surface area contributed by atoms with Gasteiger partial charge in [-0.25, -0.2) is 0 Å². The van der Waals surface area contributed by atoms with E-state index in [9.17, 15) is 13.2 Å². The molecule has 0 fully saturated rings. The zero-order chi connectivity index (χ0) is 21.1. The van der Waals surface area contributed by atoms with Crippen molar-refractivity contribution in [3.63, 3.8) is 0 Å². The molecule has 30 heavy (non-hydrogen) atoms. The van der Waals surface area contributed by atoms with Crippen molar-refractivity contribution < 1.29 is 17.4 Å². The zero-order valence-electron chi connectivity index (χ0n) is 15.6. The second kappa shape index (κ2) is 8.18. The number of benzene rings is 4. The van der Waals surface area contributed by atoms with Crippen LogP contribution in [0.1, 0.15) is 10.4 Å². The van der Waals surface area contributed by atoms with Gasteiger partial charge in [-0.3, -0.25) is 4.79 Å². The lowest BCUT2D eigenvalue weighted by molar-refractivity contribution is 0.102. The summed E-state index contributed by atoms with van der Waals surface area (Å²) in [6, 6.07) is 24.8.